The molecule has 4 nitrogen and oxygen atoms in total. The van der Waals surface area contributed by atoms with E-state index in [1.54, 1.807) is 6.92 Å². The predicted octanol–water partition coefficient (Wildman–Crippen LogP) is 4.82. The first-order valence-electron chi connectivity index (χ1n) is 9.92. The quantitative estimate of drug-likeness (QED) is 0.500. The molecule has 2 aromatic carbocycles. The van der Waals surface area contributed by atoms with Crippen LogP contribution in [0.15, 0.2) is 53.5 Å². The number of carbonyl (C=O) groups excluding carboxylic acids is 1. The lowest BCUT2D eigenvalue weighted by Crippen LogP contribution is -2.17. The Kier molecular flexibility index (Phi) is 8.40. The second kappa shape index (κ2) is 10.8. The Morgan fingerprint density at radius 2 is 1.89 bits per heavy atom. The number of nitrogens with zero attached hydrogens (tertiary/aromatic N) is 1. The first kappa shape index (κ1) is 21.8. The Balaban J connectivity index is 2.04. The van der Waals surface area contributed by atoms with Crippen molar-refractivity contribution in [2.75, 3.05) is 0 Å². The van der Waals surface area contributed by atoms with Gasteiger partial charge in [0.05, 0.1) is 5.92 Å². The van der Waals surface area contributed by atoms with E-state index in [9.17, 15) is 9.90 Å². The van der Waals surface area contributed by atoms with Crippen LogP contribution in [0.4, 0.5) is 0 Å². The monoisotopic (exact) mass is 381 g/mol. The molecule has 1 N–H and O–H groups in total. The van der Waals surface area contributed by atoms with Gasteiger partial charge >= 0.3 is 5.97 Å². The maximum absolute atomic E-state index is 12.4. The summed E-state index contributed by atoms with van der Waals surface area (Å²) in [4.78, 5) is 16.5. The van der Waals surface area contributed by atoms with Gasteiger partial charge in [0.1, 0.15) is 12.8 Å². The Labute approximate surface area is 168 Å². The van der Waals surface area contributed by atoms with E-state index in [0.717, 1.165) is 28.7 Å². The van der Waals surface area contributed by atoms with Gasteiger partial charge in [-0.3, -0.25) is 9.79 Å². The zero-order chi connectivity index (χ0) is 20.5. The van der Waals surface area contributed by atoms with Crippen molar-refractivity contribution < 1.29 is 14.6 Å². The van der Waals surface area contributed by atoms with E-state index in [1.807, 2.05) is 43.5 Å². The van der Waals surface area contributed by atoms with Crippen molar-refractivity contribution in [2.45, 2.75) is 59.3 Å². The molecule has 2 rings (SSSR count). The fourth-order valence-corrected chi connectivity index (χ4v) is 3.08. The van der Waals surface area contributed by atoms with Gasteiger partial charge in [0.2, 0.25) is 0 Å². The highest BCUT2D eigenvalue weighted by atomic mass is 16.5. The summed E-state index contributed by atoms with van der Waals surface area (Å²) in [5.74, 6) is -0.255. The van der Waals surface area contributed by atoms with Crippen LogP contribution in [0.5, 0.6) is 0 Å². The molecule has 0 radical (unpaired) electrons. The third-order valence-corrected chi connectivity index (χ3v) is 4.88. The second-order valence-corrected chi connectivity index (χ2v) is 7.33. The lowest BCUT2D eigenvalue weighted by Gasteiger charge is -2.17. The van der Waals surface area contributed by atoms with Crippen LogP contribution in [0, 0.1) is 12.8 Å². The van der Waals surface area contributed by atoms with Crippen molar-refractivity contribution >= 4 is 12.2 Å². The highest BCUT2D eigenvalue weighted by Crippen LogP contribution is 2.23. The fourth-order valence-electron chi connectivity index (χ4n) is 3.08. The maximum Gasteiger partial charge on any atom is 0.309 e. The zero-order valence-electron chi connectivity index (χ0n) is 17.3. The molecule has 0 aliphatic heterocycles. The number of aliphatic hydroxyl groups is 1. The highest BCUT2D eigenvalue weighted by molar-refractivity contribution is 5.72. The Morgan fingerprint density at radius 3 is 2.54 bits per heavy atom. The Bertz CT molecular complexity index is 784. The fraction of sp³-hybridized carbons (Fsp3) is 0.417. The van der Waals surface area contributed by atoms with Gasteiger partial charge in [-0.25, -0.2) is 0 Å². The number of esters is 1. The lowest BCUT2D eigenvalue weighted by molar-refractivity contribution is -0.149. The van der Waals surface area contributed by atoms with Crippen molar-refractivity contribution in [3.63, 3.8) is 0 Å². The molecule has 3 atom stereocenters. The molecule has 0 spiro atoms. The number of benzene rings is 2. The standard InChI is InChI=1S/C24H31NO3/c1-5-21(15-25-19(4)26)22-12-11-17(2)23(14-22)13-18(3)24(27)28-16-20-9-7-6-8-10-20/h6-12,14-15,18-19,21,26H,5,13,16H2,1-4H3. The minimum atomic E-state index is -0.696. The number of hydrogen-bond acceptors (Lipinski definition) is 4. The van der Waals surface area contributed by atoms with Crippen molar-refractivity contribution in [3.8, 4) is 0 Å². The molecule has 28 heavy (non-hydrogen) atoms. The number of rotatable bonds is 9. The summed E-state index contributed by atoms with van der Waals surface area (Å²) in [6.45, 7) is 8.02. The van der Waals surface area contributed by atoms with Crippen LogP contribution < -0.4 is 0 Å². The van der Waals surface area contributed by atoms with E-state index in [1.165, 1.54) is 0 Å². The van der Waals surface area contributed by atoms with Gasteiger partial charge in [-0.1, -0.05) is 62.4 Å². The first-order valence-corrected chi connectivity index (χ1v) is 9.92. The zero-order valence-corrected chi connectivity index (χ0v) is 17.3. The van der Waals surface area contributed by atoms with Gasteiger partial charge in [0, 0.05) is 12.1 Å². The summed E-state index contributed by atoms with van der Waals surface area (Å²) in [5, 5.41) is 9.41. The van der Waals surface area contributed by atoms with Crippen LogP contribution in [0.25, 0.3) is 0 Å². The summed E-state index contributed by atoms with van der Waals surface area (Å²) in [7, 11) is 0. The molecule has 0 aliphatic rings. The van der Waals surface area contributed by atoms with Crippen molar-refractivity contribution in [2.24, 2.45) is 10.9 Å². The summed E-state index contributed by atoms with van der Waals surface area (Å²) in [6, 6.07) is 16.1. The van der Waals surface area contributed by atoms with Crippen molar-refractivity contribution in [1.82, 2.24) is 0 Å². The molecule has 3 unspecified atom stereocenters. The Hall–Kier alpha value is -2.46. The average molecular weight is 382 g/mol. The topological polar surface area (TPSA) is 58.9 Å². The number of ether oxygens (including phenoxy) is 1. The van der Waals surface area contributed by atoms with Crippen LogP contribution in [0.3, 0.4) is 0 Å². The SMILES string of the molecule is CCC(C=NC(C)O)c1ccc(C)c(CC(C)C(=O)OCc2ccccc2)c1. The van der Waals surface area contributed by atoms with Crippen LogP contribution >= 0.6 is 0 Å². The molecule has 4 heteroatoms. The van der Waals surface area contributed by atoms with E-state index in [0.29, 0.717) is 13.0 Å². The van der Waals surface area contributed by atoms with Gasteiger partial charge < -0.3 is 9.84 Å². The summed E-state index contributed by atoms with van der Waals surface area (Å²) < 4.78 is 5.48. The largest absolute Gasteiger partial charge is 0.461 e. The smallest absolute Gasteiger partial charge is 0.309 e. The van der Waals surface area contributed by atoms with Crippen molar-refractivity contribution in [1.29, 1.82) is 0 Å². The highest BCUT2D eigenvalue weighted by Gasteiger charge is 2.17. The van der Waals surface area contributed by atoms with Crippen LogP contribution in [-0.4, -0.2) is 23.5 Å². The molecule has 0 aromatic heterocycles. The van der Waals surface area contributed by atoms with E-state index in [2.05, 4.69) is 37.0 Å². The second-order valence-electron chi connectivity index (χ2n) is 7.33. The van der Waals surface area contributed by atoms with Gasteiger partial charge in [-0.2, -0.15) is 0 Å². The van der Waals surface area contributed by atoms with Crippen LogP contribution in [-0.2, 0) is 22.6 Å². The lowest BCUT2D eigenvalue weighted by atomic mass is 9.90. The third kappa shape index (κ3) is 6.61. The molecule has 0 saturated heterocycles. The summed E-state index contributed by atoms with van der Waals surface area (Å²) >= 11 is 0. The van der Waals surface area contributed by atoms with Crippen molar-refractivity contribution in [3.05, 3.63) is 70.8 Å². The molecule has 0 heterocycles. The summed E-state index contributed by atoms with van der Waals surface area (Å²) in [6.07, 6.45) is 2.65. The molecule has 150 valence electrons. The Morgan fingerprint density at radius 1 is 1.18 bits per heavy atom. The number of hydrogen-bond donors (Lipinski definition) is 1. The van der Waals surface area contributed by atoms with E-state index in [4.69, 9.17) is 4.74 Å². The van der Waals surface area contributed by atoms with Gasteiger partial charge in [-0.15, -0.1) is 0 Å². The minimum absolute atomic E-state index is 0.147. The van der Waals surface area contributed by atoms with E-state index < -0.39 is 6.23 Å². The summed E-state index contributed by atoms with van der Waals surface area (Å²) in [5.41, 5.74) is 4.45. The normalized spacial score (nSPS) is 14.6. The predicted molar refractivity (Wildman–Crippen MR) is 113 cm³/mol. The average Bonchev–Trinajstić information content (AvgIpc) is 2.69. The number of carbonyl (C=O) groups is 1. The molecule has 0 aliphatic carbocycles. The van der Waals surface area contributed by atoms with Gasteiger partial charge in [0.25, 0.3) is 0 Å². The molecular weight excluding hydrogens is 350 g/mol. The van der Waals surface area contributed by atoms with Crippen LogP contribution in [0.1, 0.15) is 55.4 Å². The first-order chi connectivity index (χ1) is 13.4. The number of aliphatic hydroxyl groups excluding tert-OH is 1. The maximum atomic E-state index is 12.4. The molecule has 0 amide bonds. The van der Waals surface area contributed by atoms with E-state index in [-0.39, 0.29) is 17.8 Å². The van der Waals surface area contributed by atoms with Gasteiger partial charge in [-0.05, 0) is 48.9 Å². The van der Waals surface area contributed by atoms with E-state index >= 15 is 0 Å². The minimum Gasteiger partial charge on any atom is -0.461 e. The number of aryl methyl sites for hydroxylation is 1. The number of aliphatic imine (C=N–C) groups is 1. The molecule has 0 fully saturated rings. The molecule has 2 aromatic rings. The molecule has 0 saturated carbocycles. The molecular formula is C24H31NO3. The molecule has 0 bridgehead atoms. The van der Waals surface area contributed by atoms with Crippen LogP contribution in [0.2, 0.25) is 0 Å². The van der Waals surface area contributed by atoms with Gasteiger partial charge in [0.15, 0.2) is 0 Å². The third-order valence-electron chi connectivity index (χ3n) is 4.88.